The van der Waals surface area contributed by atoms with Crippen molar-refractivity contribution in [2.45, 2.75) is 47.5 Å². The summed E-state index contributed by atoms with van der Waals surface area (Å²) in [6.07, 6.45) is 2.61. The number of nitrogens with zero attached hydrogens (tertiary/aromatic N) is 1. The number of anilines is 3. The van der Waals surface area contributed by atoms with E-state index in [2.05, 4.69) is 23.1 Å². The highest BCUT2D eigenvalue weighted by Crippen LogP contribution is 2.34. The van der Waals surface area contributed by atoms with Crippen molar-refractivity contribution in [3.8, 4) is 0 Å². The highest BCUT2D eigenvalue weighted by atomic mass is 16.4. The maximum absolute atomic E-state index is 9.00. The molecule has 1 saturated heterocycles. The highest BCUT2D eigenvalue weighted by Gasteiger charge is 2.25. The first-order valence-corrected chi connectivity index (χ1v) is 13.3. The van der Waals surface area contributed by atoms with Gasteiger partial charge in [0.05, 0.1) is 0 Å². The van der Waals surface area contributed by atoms with Gasteiger partial charge < -0.3 is 41.9 Å². The van der Waals surface area contributed by atoms with Gasteiger partial charge in [0.2, 0.25) is 0 Å². The van der Waals surface area contributed by atoms with Crippen molar-refractivity contribution in [2.24, 2.45) is 0 Å². The standard InChI is InChI=1S/C10H11N.2C6H7N.5C2H4O2/c1-2-8-4-5-9(8)10(3-1)11-6-7-11;2*7-6-4-2-1-3-5-6;5*1-2(3)4/h1-3H,4-7H2;2*1-5H,7H2;5*1H3,(H,3,4). The lowest BCUT2D eigenvalue weighted by Gasteiger charge is -2.22. The Bertz CT molecular complexity index is 1140. The summed E-state index contributed by atoms with van der Waals surface area (Å²) < 4.78 is 0. The van der Waals surface area contributed by atoms with Gasteiger partial charge in [-0.3, -0.25) is 24.0 Å². The Morgan fingerprint density at radius 3 is 1.02 bits per heavy atom. The molecular weight excluding hydrogens is 586 g/mol. The summed E-state index contributed by atoms with van der Waals surface area (Å²) in [5.41, 5.74) is 17.1. The zero-order chi connectivity index (χ0) is 35.4. The summed E-state index contributed by atoms with van der Waals surface area (Å²) >= 11 is 0. The van der Waals surface area contributed by atoms with Crippen molar-refractivity contribution in [3.63, 3.8) is 0 Å². The number of nitrogen functional groups attached to an aromatic ring is 2. The second-order valence-corrected chi connectivity index (χ2v) is 8.82. The van der Waals surface area contributed by atoms with Gasteiger partial charge in [-0.15, -0.1) is 0 Å². The van der Waals surface area contributed by atoms with Crippen molar-refractivity contribution in [2.75, 3.05) is 29.5 Å². The maximum Gasteiger partial charge on any atom is 0.300 e. The van der Waals surface area contributed by atoms with E-state index in [1.807, 2.05) is 60.7 Å². The molecule has 1 aliphatic heterocycles. The summed E-state index contributed by atoms with van der Waals surface area (Å²) in [4.78, 5) is 47.4. The number of para-hydroxylation sites is 2. The summed E-state index contributed by atoms with van der Waals surface area (Å²) in [6.45, 7) is 7.97. The number of fused-ring (bicyclic) bond motifs is 1. The molecule has 1 aliphatic carbocycles. The van der Waals surface area contributed by atoms with E-state index in [9.17, 15) is 0 Å². The fourth-order valence-corrected chi connectivity index (χ4v) is 2.72. The largest absolute Gasteiger partial charge is 0.481 e. The van der Waals surface area contributed by atoms with Gasteiger partial charge in [-0.05, 0) is 54.3 Å². The molecule has 0 bridgehead atoms. The predicted octanol–water partition coefficient (Wildman–Crippen LogP) is 4.60. The minimum Gasteiger partial charge on any atom is -0.481 e. The van der Waals surface area contributed by atoms with Gasteiger partial charge in [-0.1, -0.05) is 48.5 Å². The minimum absolute atomic E-state index is 0.822. The summed E-state index contributed by atoms with van der Waals surface area (Å²) in [6, 6.07) is 25.7. The molecule has 0 radical (unpaired) electrons. The van der Waals surface area contributed by atoms with Gasteiger partial charge in [0.15, 0.2) is 0 Å². The number of carboxylic acid groups (broad SMARTS) is 5. The molecule has 45 heavy (non-hydrogen) atoms. The summed E-state index contributed by atoms with van der Waals surface area (Å²) in [5, 5.41) is 37.1. The van der Waals surface area contributed by atoms with Crippen LogP contribution in [-0.4, -0.2) is 68.5 Å². The minimum atomic E-state index is -0.833. The van der Waals surface area contributed by atoms with Crippen molar-refractivity contribution >= 4 is 46.9 Å². The molecule has 0 amide bonds. The summed E-state index contributed by atoms with van der Waals surface area (Å²) in [5.74, 6) is -4.17. The number of rotatable bonds is 1. The number of benzene rings is 3. The molecule has 1 fully saturated rings. The Balaban J connectivity index is -0.000000469. The van der Waals surface area contributed by atoms with E-state index < -0.39 is 29.8 Å². The van der Waals surface area contributed by atoms with Gasteiger partial charge in [0.25, 0.3) is 29.8 Å². The van der Waals surface area contributed by atoms with Crippen molar-refractivity contribution in [1.29, 1.82) is 0 Å². The van der Waals surface area contributed by atoms with Gasteiger partial charge >= 0.3 is 0 Å². The van der Waals surface area contributed by atoms with Gasteiger partial charge in [0.1, 0.15) is 0 Å². The number of carboxylic acids is 5. The van der Waals surface area contributed by atoms with Crippen LogP contribution in [-0.2, 0) is 36.8 Å². The first-order valence-electron chi connectivity index (χ1n) is 13.3. The molecule has 0 saturated carbocycles. The van der Waals surface area contributed by atoms with Crippen LogP contribution in [0, 0.1) is 0 Å². The molecule has 0 spiro atoms. The van der Waals surface area contributed by atoms with Crippen molar-refractivity contribution in [1.82, 2.24) is 0 Å². The zero-order valence-electron chi connectivity index (χ0n) is 26.2. The van der Waals surface area contributed by atoms with Crippen LogP contribution in [0.5, 0.6) is 0 Å². The van der Waals surface area contributed by atoms with E-state index in [0.29, 0.717) is 0 Å². The second-order valence-electron chi connectivity index (χ2n) is 8.82. The fraction of sp³-hybridized carbons (Fsp3) is 0.281. The Hall–Kier alpha value is -5.59. The predicted molar refractivity (Wildman–Crippen MR) is 174 cm³/mol. The molecule has 3 aromatic rings. The topological polar surface area (TPSA) is 242 Å². The van der Waals surface area contributed by atoms with E-state index in [-0.39, 0.29) is 0 Å². The van der Waals surface area contributed by atoms with Crippen molar-refractivity contribution < 1.29 is 49.5 Å². The molecule has 13 nitrogen and oxygen atoms in total. The molecule has 5 rings (SSSR count). The molecule has 9 N–H and O–H groups in total. The quantitative estimate of drug-likeness (QED) is 0.144. The molecule has 2 aliphatic rings. The monoisotopic (exact) mass is 631 g/mol. The smallest absolute Gasteiger partial charge is 0.300 e. The van der Waals surface area contributed by atoms with Crippen molar-refractivity contribution in [3.05, 3.63) is 90.0 Å². The van der Waals surface area contributed by atoms with E-state index >= 15 is 0 Å². The highest BCUT2D eigenvalue weighted by molar-refractivity contribution is 5.64. The normalized spacial score (nSPS) is 10.1. The van der Waals surface area contributed by atoms with Gasteiger partial charge in [0, 0.05) is 64.8 Å². The van der Waals surface area contributed by atoms with Crippen LogP contribution in [0.4, 0.5) is 17.1 Å². The molecule has 248 valence electrons. The number of nitrogens with two attached hydrogens (primary N) is 2. The van der Waals surface area contributed by atoms with Crippen LogP contribution in [0.15, 0.2) is 78.9 Å². The molecule has 0 unspecified atom stereocenters. The van der Waals surface area contributed by atoms with Crippen LogP contribution in [0.25, 0.3) is 0 Å². The third kappa shape index (κ3) is 38.4. The lowest BCUT2D eigenvalue weighted by Crippen LogP contribution is -2.11. The number of carbonyl (C=O) groups is 5. The van der Waals surface area contributed by atoms with E-state index in [1.54, 1.807) is 11.1 Å². The average Bonchev–Trinajstić information content (AvgIpc) is 3.70. The van der Waals surface area contributed by atoms with Crippen LogP contribution in [0.2, 0.25) is 0 Å². The van der Waals surface area contributed by atoms with Crippen LogP contribution in [0.3, 0.4) is 0 Å². The zero-order valence-corrected chi connectivity index (χ0v) is 26.2. The maximum atomic E-state index is 9.00. The molecule has 0 atom stereocenters. The van der Waals surface area contributed by atoms with Crippen LogP contribution in [0.1, 0.15) is 45.7 Å². The van der Waals surface area contributed by atoms with E-state index in [1.165, 1.54) is 31.6 Å². The fourth-order valence-electron chi connectivity index (χ4n) is 2.72. The Labute approximate surface area is 263 Å². The number of hydrogen-bond donors (Lipinski definition) is 7. The Morgan fingerprint density at radius 1 is 0.511 bits per heavy atom. The van der Waals surface area contributed by atoms with Crippen LogP contribution < -0.4 is 16.4 Å². The SMILES string of the molecule is CC(=O)O.CC(=O)O.CC(=O)O.CC(=O)O.CC(=O)O.Nc1ccccc1.Nc1ccccc1.c1cc2c(c(N3CC3)c1)CC2. The first kappa shape index (κ1) is 43.9. The van der Waals surface area contributed by atoms with E-state index in [0.717, 1.165) is 46.0 Å². The molecule has 1 heterocycles. The lowest BCUT2D eigenvalue weighted by molar-refractivity contribution is -0.135. The molecule has 13 heteroatoms. The first-order chi connectivity index (χ1) is 20.9. The number of hydrogen-bond acceptors (Lipinski definition) is 8. The Kier molecular flexibility index (Phi) is 26.6. The number of aryl methyl sites for hydroxylation is 1. The summed E-state index contributed by atoms with van der Waals surface area (Å²) in [7, 11) is 0. The lowest BCUT2D eigenvalue weighted by atomic mass is 9.87. The molecule has 0 aromatic heterocycles. The average molecular weight is 632 g/mol. The molecule has 3 aromatic carbocycles. The number of aliphatic carboxylic acids is 5. The molecular formula is C32H45N3O10. The van der Waals surface area contributed by atoms with Gasteiger partial charge in [-0.25, -0.2) is 0 Å². The van der Waals surface area contributed by atoms with Crippen LogP contribution >= 0.6 is 0 Å². The third-order valence-electron chi connectivity index (χ3n) is 4.28. The van der Waals surface area contributed by atoms with Gasteiger partial charge in [-0.2, -0.15) is 0 Å². The second kappa shape index (κ2) is 27.3. The Morgan fingerprint density at radius 2 is 0.822 bits per heavy atom. The third-order valence-corrected chi connectivity index (χ3v) is 4.28. The van der Waals surface area contributed by atoms with E-state index in [4.69, 9.17) is 61.0 Å².